The molecule has 2 atom stereocenters. The first-order valence-electron chi connectivity index (χ1n) is 6.86. The maximum Gasteiger partial charge on any atom is 0.251 e. The molecule has 0 heterocycles. The summed E-state index contributed by atoms with van der Waals surface area (Å²) in [6.07, 6.45) is 0.881. The smallest absolute Gasteiger partial charge is 0.251 e. The van der Waals surface area contributed by atoms with Gasteiger partial charge in [0.1, 0.15) is 0 Å². The van der Waals surface area contributed by atoms with Crippen molar-refractivity contribution in [1.29, 1.82) is 0 Å². The summed E-state index contributed by atoms with van der Waals surface area (Å²) in [6.45, 7) is 9.92. The Kier molecular flexibility index (Phi) is 5.12. The van der Waals surface area contributed by atoms with Crippen molar-refractivity contribution < 1.29 is 9.90 Å². The third-order valence-electron chi connectivity index (χ3n) is 3.99. The summed E-state index contributed by atoms with van der Waals surface area (Å²) in [5.74, 6) is 0.0324. The molecule has 106 valence electrons. The molecule has 3 heteroatoms. The molecule has 1 amide bonds. The Hall–Kier alpha value is -1.35. The van der Waals surface area contributed by atoms with Gasteiger partial charge < -0.3 is 10.4 Å². The Morgan fingerprint density at radius 2 is 1.89 bits per heavy atom. The number of amides is 1. The van der Waals surface area contributed by atoms with Gasteiger partial charge in [-0.2, -0.15) is 0 Å². The number of carbonyl (C=O) groups excluding carboxylic acids is 1. The minimum absolute atomic E-state index is 0.112. The Bertz CT molecular complexity index is 432. The molecule has 0 aliphatic carbocycles. The number of nitrogens with one attached hydrogen (secondary N) is 1. The van der Waals surface area contributed by atoms with Gasteiger partial charge >= 0.3 is 0 Å². The number of rotatable bonds is 5. The van der Waals surface area contributed by atoms with Crippen LogP contribution in [0.1, 0.15) is 48.7 Å². The number of hydrogen-bond donors (Lipinski definition) is 2. The van der Waals surface area contributed by atoms with Gasteiger partial charge in [0.2, 0.25) is 0 Å². The number of hydrogen-bond acceptors (Lipinski definition) is 2. The van der Waals surface area contributed by atoms with E-state index in [1.54, 1.807) is 6.92 Å². The highest BCUT2D eigenvalue weighted by molar-refractivity contribution is 5.97. The van der Waals surface area contributed by atoms with Gasteiger partial charge in [-0.15, -0.1) is 0 Å². The Labute approximate surface area is 116 Å². The Morgan fingerprint density at radius 1 is 1.37 bits per heavy atom. The molecule has 0 radical (unpaired) electrons. The second kappa shape index (κ2) is 6.20. The van der Waals surface area contributed by atoms with Crippen molar-refractivity contribution in [3.05, 3.63) is 34.9 Å². The molecule has 0 aliphatic heterocycles. The molecule has 1 aromatic carbocycles. The summed E-state index contributed by atoms with van der Waals surface area (Å²) in [5, 5.41) is 13.1. The summed E-state index contributed by atoms with van der Waals surface area (Å²) in [7, 11) is 0. The fourth-order valence-corrected chi connectivity index (χ4v) is 2.13. The van der Waals surface area contributed by atoms with Gasteiger partial charge in [0.15, 0.2) is 0 Å². The fraction of sp³-hybridized carbons (Fsp3) is 0.562. The van der Waals surface area contributed by atoms with E-state index in [1.807, 2.05) is 45.9 Å². The molecule has 0 saturated heterocycles. The van der Waals surface area contributed by atoms with Gasteiger partial charge in [-0.1, -0.05) is 38.5 Å². The van der Waals surface area contributed by atoms with Crippen LogP contribution < -0.4 is 5.32 Å². The average molecular weight is 263 g/mol. The summed E-state index contributed by atoms with van der Waals surface area (Å²) >= 11 is 0. The average Bonchev–Trinajstić information content (AvgIpc) is 2.35. The molecular weight excluding hydrogens is 238 g/mol. The molecule has 0 bridgehead atoms. The van der Waals surface area contributed by atoms with E-state index in [2.05, 4.69) is 5.32 Å². The lowest BCUT2D eigenvalue weighted by atomic mass is 9.88. The van der Waals surface area contributed by atoms with E-state index < -0.39 is 5.60 Å². The number of aryl methyl sites for hydroxylation is 2. The zero-order valence-corrected chi connectivity index (χ0v) is 12.6. The van der Waals surface area contributed by atoms with Crippen LogP contribution in [0.2, 0.25) is 0 Å². The van der Waals surface area contributed by atoms with E-state index in [1.165, 1.54) is 0 Å². The molecule has 2 N–H and O–H groups in total. The molecule has 0 spiro atoms. The Morgan fingerprint density at radius 3 is 2.37 bits per heavy atom. The van der Waals surface area contributed by atoms with Crippen LogP contribution in [0, 0.1) is 19.8 Å². The van der Waals surface area contributed by atoms with E-state index in [4.69, 9.17) is 0 Å². The van der Waals surface area contributed by atoms with Crippen molar-refractivity contribution in [2.75, 3.05) is 6.54 Å². The van der Waals surface area contributed by atoms with Gasteiger partial charge in [0.25, 0.3) is 5.91 Å². The second-order valence-electron chi connectivity index (χ2n) is 5.62. The molecular formula is C16H25NO2. The van der Waals surface area contributed by atoms with Gasteiger partial charge in [0.05, 0.1) is 5.60 Å². The van der Waals surface area contributed by atoms with Crippen LogP contribution in [0.25, 0.3) is 0 Å². The summed E-state index contributed by atoms with van der Waals surface area (Å²) in [6, 6.07) is 5.79. The third-order valence-corrected chi connectivity index (χ3v) is 3.99. The maximum atomic E-state index is 12.2. The highest BCUT2D eigenvalue weighted by Gasteiger charge is 2.27. The van der Waals surface area contributed by atoms with Gasteiger partial charge in [0, 0.05) is 12.1 Å². The van der Waals surface area contributed by atoms with Crippen LogP contribution in [0.15, 0.2) is 18.2 Å². The SMILES string of the molecule is CCC(C)C(C)(O)CNC(=O)c1c(C)cccc1C. The first-order chi connectivity index (χ1) is 8.79. The minimum Gasteiger partial charge on any atom is -0.388 e. The van der Waals surface area contributed by atoms with E-state index in [0.29, 0.717) is 5.56 Å². The van der Waals surface area contributed by atoms with E-state index in [-0.39, 0.29) is 18.4 Å². The van der Waals surface area contributed by atoms with Crippen LogP contribution >= 0.6 is 0 Å². The number of carbonyl (C=O) groups is 1. The first-order valence-corrected chi connectivity index (χ1v) is 6.86. The summed E-state index contributed by atoms with van der Waals surface area (Å²) in [4.78, 5) is 12.2. The van der Waals surface area contributed by atoms with Crippen LogP contribution in [-0.2, 0) is 0 Å². The molecule has 0 aliphatic rings. The molecule has 2 unspecified atom stereocenters. The van der Waals surface area contributed by atoms with Crippen molar-refractivity contribution >= 4 is 5.91 Å². The van der Waals surface area contributed by atoms with E-state index in [9.17, 15) is 9.90 Å². The largest absolute Gasteiger partial charge is 0.388 e. The van der Waals surface area contributed by atoms with Crippen molar-refractivity contribution in [2.24, 2.45) is 5.92 Å². The van der Waals surface area contributed by atoms with Crippen LogP contribution in [0.3, 0.4) is 0 Å². The zero-order valence-electron chi connectivity index (χ0n) is 12.6. The predicted molar refractivity (Wildman–Crippen MR) is 78.3 cm³/mol. The lowest BCUT2D eigenvalue weighted by Gasteiger charge is -2.30. The van der Waals surface area contributed by atoms with Crippen LogP contribution in [-0.4, -0.2) is 23.2 Å². The standard InChI is InChI=1S/C16H25NO2/c1-6-13(4)16(5,19)10-17-15(18)14-11(2)8-7-9-12(14)3/h7-9,13,19H,6,10H2,1-5H3,(H,17,18). The predicted octanol–water partition coefficient (Wildman–Crippen LogP) is 2.83. The van der Waals surface area contributed by atoms with Gasteiger partial charge in [-0.25, -0.2) is 0 Å². The first kappa shape index (κ1) is 15.7. The number of aliphatic hydroxyl groups is 1. The van der Waals surface area contributed by atoms with Crippen molar-refractivity contribution in [3.63, 3.8) is 0 Å². The molecule has 1 rings (SSSR count). The molecule has 3 nitrogen and oxygen atoms in total. The summed E-state index contributed by atoms with van der Waals surface area (Å²) < 4.78 is 0. The quantitative estimate of drug-likeness (QED) is 0.858. The van der Waals surface area contributed by atoms with E-state index in [0.717, 1.165) is 17.5 Å². The van der Waals surface area contributed by atoms with Crippen molar-refractivity contribution in [2.45, 2.75) is 46.6 Å². The van der Waals surface area contributed by atoms with Gasteiger partial charge in [-0.3, -0.25) is 4.79 Å². The summed E-state index contributed by atoms with van der Waals surface area (Å²) in [5.41, 5.74) is 1.75. The highest BCUT2D eigenvalue weighted by atomic mass is 16.3. The van der Waals surface area contributed by atoms with Gasteiger partial charge in [-0.05, 0) is 37.8 Å². The van der Waals surface area contributed by atoms with Crippen LogP contribution in [0.4, 0.5) is 0 Å². The normalized spacial score (nSPS) is 15.7. The molecule has 0 fully saturated rings. The zero-order chi connectivity index (χ0) is 14.6. The number of benzene rings is 1. The van der Waals surface area contributed by atoms with Crippen LogP contribution in [0.5, 0.6) is 0 Å². The minimum atomic E-state index is -0.874. The molecule has 19 heavy (non-hydrogen) atoms. The Balaban J connectivity index is 2.76. The fourth-order valence-electron chi connectivity index (χ4n) is 2.13. The van der Waals surface area contributed by atoms with Crippen molar-refractivity contribution in [1.82, 2.24) is 5.32 Å². The topological polar surface area (TPSA) is 49.3 Å². The molecule has 1 aromatic rings. The highest BCUT2D eigenvalue weighted by Crippen LogP contribution is 2.19. The second-order valence-corrected chi connectivity index (χ2v) is 5.62. The molecule has 0 aromatic heterocycles. The lowest BCUT2D eigenvalue weighted by molar-refractivity contribution is 0.00591. The van der Waals surface area contributed by atoms with E-state index >= 15 is 0 Å². The monoisotopic (exact) mass is 263 g/mol. The molecule has 0 saturated carbocycles. The van der Waals surface area contributed by atoms with Crippen molar-refractivity contribution in [3.8, 4) is 0 Å². The lowest BCUT2D eigenvalue weighted by Crippen LogP contribution is -2.45. The maximum absolute atomic E-state index is 12.2. The third kappa shape index (κ3) is 3.80.